The maximum atomic E-state index is 12.2. The minimum atomic E-state index is -0.702. The summed E-state index contributed by atoms with van der Waals surface area (Å²) in [4.78, 5) is 12.2. The first-order valence-electron chi connectivity index (χ1n) is 7.01. The van der Waals surface area contributed by atoms with Gasteiger partial charge in [0.25, 0.3) is 0 Å². The second kappa shape index (κ2) is 4.49. The van der Waals surface area contributed by atoms with Crippen LogP contribution in [0.25, 0.3) is 0 Å². The van der Waals surface area contributed by atoms with Crippen LogP contribution in [0.3, 0.4) is 0 Å². The van der Waals surface area contributed by atoms with Crippen molar-refractivity contribution in [1.29, 1.82) is 0 Å². The molecule has 0 bridgehead atoms. The predicted octanol–water partition coefficient (Wildman–Crippen LogP) is 1.43. The molecule has 0 radical (unpaired) electrons. The zero-order valence-corrected chi connectivity index (χ0v) is 12.0. The molecule has 2 saturated carbocycles. The smallest absolute Gasteiger partial charge is 0.240 e. The van der Waals surface area contributed by atoms with Gasteiger partial charge >= 0.3 is 0 Å². The highest BCUT2D eigenvalue weighted by Crippen LogP contribution is 2.44. The summed E-state index contributed by atoms with van der Waals surface area (Å²) >= 11 is 0. The molecule has 0 aromatic carbocycles. The van der Waals surface area contributed by atoms with Gasteiger partial charge in [0.15, 0.2) is 0 Å². The highest BCUT2D eigenvalue weighted by atomic mass is 16.5. The number of hydrogen-bond acceptors (Lipinski definition) is 3. The molecule has 0 aromatic heterocycles. The standard InChI is InChI=1S/C14H26N2O2/c1-5-18-11-8-10(13(11,2)3)16-12(17)14(4,15)9-6-7-9/h9-11H,5-8,15H2,1-4H3,(H,16,17). The van der Waals surface area contributed by atoms with Crippen LogP contribution in [0.5, 0.6) is 0 Å². The van der Waals surface area contributed by atoms with Gasteiger partial charge in [-0.25, -0.2) is 0 Å². The molecule has 0 aromatic rings. The summed E-state index contributed by atoms with van der Waals surface area (Å²) in [5, 5.41) is 3.11. The summed E-state index contributed by atoms with van der Waals surface area (Å²) in [6.45, 7) is 8.88. The third-order valence-corrected chi connectivity index (χ3v) is 4.77. The van der Waals surface area contributed by atoms with Crippen LogP contribution in [-0.4, -0.2) is 30.2 Å². The van der Waals surface area contributed by atoms with Gasteiger partial charge in [0.05, 0.1) is 11.6 Å². The number of nitrogens with two attached hydrogens (primary N) is 1. The Hall–Kier alpha value is -0.610. The van der Waals surface area contributed by atoms with E-state index in [1.54, 1.807) is 0 Å². The molecule has 3 N–H and O–H groups in total. The fourth-order valence-corrected chi connectivity index (χ4v) is 2.80. The van der Waals surface area contributed by atoms with E-state index in [0.29, 0.717) is 5.92 Å². The lowest BCUT2D eigenvalue weighted by atomic mass is 9.64. The molecule has 2 fully saturated rings. The Bertz CT molecular complexity index is 335. The van der Waals surface area contributed by atoms with Crippen molar-refractivity contribution in [3.8, 4) is 0 Å². The van der Waals surface area contributed by atoms with E-state index in [1.165, 1.54) is 0 Å². The fourth-order valence-electron chi connectivity index (χ4n) is 2.80. The lowest BCUT2D eigenvalue weighted by Crippen LogP contribution is -2.66. The van der Waals surface area contributed by atoms with Crippen molar-refractivity contribution >= 4 is 5.91 Å². The van der Waals surface area contributed by atoms with E-state index in [1.807, 2.05) is 13.8 Å². The molecule has 18 heavy (non-hydrogen) atoms. The number of carbonyl (C=O) groups is 1. The Morgan fingerprint density at radius 1 is 1.50 bits per heavy atom. The van der Waals surface area contributed by atoms with Crippen LogP contribution in [-0.2, 0) is 9.53 Å². The predicted molar refractivity (Wildman–Crippen MR) is 71.1 cm³/mol. The second-order valence-electron chi connectivity index (χ2n) is 6.58. The third-order valence-electron chi connectivity index (χ3n) is 4.77. The maximum absolute atomic E-state index is 12.2. The quantitative estimate of drug-likeness (QED) is 0.780. The minimum Gasteiger partial charge on any atom is -0.378 e. The van der Waals surface area contributed by atoms with Crippen LogP contribution in [0.1, 0.15) is 47.0 Å². The number of rotatable bonds is 5. The third kappa shape index (κ3) is 2.28. The average molecular weight is 254 g/mol. The summed E-state index contributed by atoms with van der Waals surface area (Å²) in [5.74, 6) is 0.362. The molecule has 3 unspecified atom stereocenters. The molecule has 2 rings (SSSR count). The summed E-state index contributed by atoms with van der Waals surface area (Å²) in [7, 11) is 0. The first kappa shape index (κ1) is 13.8. The lowest BCUT2D eigenvalue weighted by molar-refractivity contribution is -0.140. The van der Waals surface area contributed by atoms with Gasteiger partial charge in [-0.05, 0) is 39.0 Å². The summed E-state index contributed by atoms with van der Waals surface area (Å²) < 4.78 is 5.67. The van der Waals surface area contributed by atoms with Gasteiger partial charge in [0.2, 0.25) is 5.91 Å². The maximum Gasteiger partial charge on any atom is 0.240 e. The number of hydrogen-bond donors (Lipinski definition) is 2. The zero-order chi connectivity index (χ0) is 13.6. The fraction of sp³-hybridized carbons (Fsp3) is 0.929. The summed E-state index contributed by atoms with van der Waals surface area (Å²) in [5.41, 5.74) is 5.43. The lowest BCUT2D eigenvalue weighted by Gasteiger charge is -2.52. The number of carbonyl (C=O) groups excluding carboxylic acids is 1. The van der Waals surface area contributed by atoms with E-state index in [2.05, 4.69) is 19.2 Å². The molecular formula is C14H26N2O2. The van der Waals surface area contributed by atoms with Crippen LogP contribution in [0.4, 0.5) is 0 Å². The SMILES string of the molecule is CCOC1CC(NC(=O)C(C)(N)C2CC2)C1(C)C. The molecule has 4 nitrogen and oxygen atoms in total. The minimum absolute atomic E-state index is 0.00183. The van der Waals surface area contributed by atoms with Gasteiger partial charge < -0.3 is 15.8 Å². The molecular weight excluding hydrogens is 228 g/mol. The molecule has 4 heteroatoms. The molecule has 2 aliphatic carbocycles. The average Bonchev–Trinajstić information content (AvgIpc) is 3.11. The van der Waals surface area contributed by atoms with Crippen LogP contribution in [0.15, 0.2) is 0 Å². The highest BCUT2D eigenvalue weighted by Gasteiger charge is 2.52. The van der Waals surface area contributed by atoms with Crippen LogP contribution in [0.2, 0.25) is 0 Å². The van der Waals surface area contributed by atoms with Gasteiger partial charge in [-0.15, -0.1) is 0 Å². The highest BCUT2D eigenvalue weighted by molar-refractivity contribution is 5.86. The molecule has 0 spiro atoms. The first-order valence-corrected chi connectivity index (χ1v) is 7.01. The van der Waals surface area contributed by atoms with E-state index in [9.17, 15) is 4.79 Å². The van der Waals surface area contributed by atoms with E-state index < -0.39 is 5.54 Å². The monoisotopic (exact) mass is 254 g/mol. The zero-order valence-electron chi connectivity index (χ0n) is 12.0. The van der Waals surface area contributed by atoms with Gasteiger partial charge in [-0.2, -0.15) is 0 Å². The van der Waals surface area contributed by atoms with E-state index >= 15 is 0 Å². The van der Waals surface area contributed by atoms with Crippen LogP contribution < -0.4 is 11.1 Å². The van der Waals surface area contributed by atoms with Gasteiger partial charge in [-0.3, -0.25) is 4.79 Å². The van der Waals surface area contributed by atoms with Gasteiger partial charge in [-0.1, -0.05) is 13.8 Å². The van der Waals surface area contributed by atoms with Gasteiger partial charge in [0, 0.05) is 18.1 Å². The van der Waals surface area contributed by atoms with Crippen molar-refractivity contribution in [2.75, 3.05) is 6.61 Å². The molecule has 104 valence electrons. The largest absolute Gasteiger partial charge is 0.378 e. The number of nitrogens with one attached hydrogen (secondary N) is 1. The summed E-state index contributed by atoms with van der Waals surface area (Å²) in [6, 6.07) is 0.183. The van der Waals surface area contributed by atoms with E-state index in [4.69, 9.17) is 10.5 Å². The first-order chi connectivity index (χ1) is 8.30. The molecule has 3 atom stereocenters. The Morgan fingerprint density at radius 2 is 2.11 bits per heavy atom. The van der Waals surface area contributed by atoms with Crippen molar-refractivity contribution in [1.82, 2.24) is 5.32 Å². The molecule has 1 amide bonds. The van der Waals surface area contributed by atoms with E-state index in [-0.39, 0.29) is 23.5 Å². The Morgan fingerprint density at radius 3 is 2.56 bits per heavy atom. The number of amides is 1. The van der Waals surface area contributed by atoms with Crippen molar-refractivity contribution in [2.45, 2.75) is 64.6 Å². The normalized spacial score (nSPS) is 33.4. The van der Waals surface area contributed by atoms with Crippen LogP contribution >= 0.6 is 0 Å². The topological polar surface area (TPSA) is 64.3 Å². The molecule has 0 saturated heterocycles. The van der Waals surface area contributed by atoms with Crippen molar-refractivity contribution in [2.24, 2.45) is 17.1 Å². The van der Waals surface area contributed by atoms with Crippen molar-refractivity contribution in [3.63, 3.8) is 0 Å². The molecule has 0 heterocycles. The van der Waals surface area contributed by atoms with Crippen molar-refractivity contribution < 1.29 is 9.53 Å². The molecule has 2 aliphatic rings. The Labute approximate surface area is 110 Å². The van der Waals surface area contributed by atoms with Crippen molar-refractivity contribution in [3.05, 3.63) is 0 Å². The number of ether oxygens (including phenoxy) is 1. The summed E-state index contributed by atoms with van der Waals surface area (Å²) in [6.07, 6.45) is 3.30. The van der Waals surface area contributed by atoms with E-state index in [0.717, 1.165) is 25.9 Å². The van der Waals surface area contributed by atoms with Gasteiger partial charge in [0.1, 0.15) is 0 Å². The second-order valence-corrected chi connectivity index (χ2v) is 6.58. The Kier molecular flexibility index (Phi) is 3.45. The molecule has 0 aliphatic heterocycles. The van der Waals surface area contributed by atoms with Crippen LogP contribution in [0, 0.1) is 11.3 Å². The Balaban J connectivity index is 1.89.